The molecule has 1 atom stereocenters. The second kappa shape index (κ2) is 5.71. The van der Waals surface area contributed by atoms with Crippen LogP contribution in [-0.4, -0.2) is 36.0 Å². The quantitative estimate of drug-likeness (QED) is 0.614. The largest absolute Gasteiger partial charge is 0.317 e. The highest BCUT2D eigenvalue weighted by atomic mass is 33.1. The van der Waals surface area contributed by atoms with Crippen molar-refractivity contribution in [1.29, 1.82) is 0 Å². The normalized spacial score (nSPS) is 17.5. The molecule has 1 aromatic rings. The summed E-state index contributed by atoms with van der Waals surface area (Å²) in [6.45, 7) is 0. The molecule has 0 fully saturated rings. The van der Waals surface area contributed by atoms with E-state index in [1.165, 1.54) is 7.11 Å². The van der Waals surface area contributed by atoms with Crippen LogP contribution in [0.5, 0.6) is 0 Å². The number of amides is 2. The van der Waals surface area contributed by atoms with Crippen LogP contribution in [0.1, 0.15) is 20.7 Å². The molecule has 5 nitrogen and oxygen atoms in total. The highest BCUT2D eigenvalue weighted by Crippen LogP contribution is 2.68. The maximum Gasteiger partial charge on any atom is 0.314 e. The lowest BCUT2D eigenvalue weighted by Crippen LogP contribution is -2.29. The van der Waals surface area contributed by atoms with Crippen LogP contribution in [-0.2, 0) is 9.09 Å². The van der Waals surface area contributed by atoms with Gasteiger partial charge in [-0.1, -0.05) is 23.5 Å². The average molecular weight is 317 g/mol. The highest BCUT2D eigenvalue weighted by molar-refractivity contribution is 8.89. The lowest BCUT2D eigenvalue weighted by molar-refractivity contribution is 0.0684. The number of nitrogens with zero attached hydrogens (tertiary/aromatic N) is 1. The van der Waals surface area contributed by atoms with E-state index in [9.17, 15) is 14.2 Å². The zero-order chi connectivity index (χ0) is 14.0. The van der Waals surface area contributed by atoms with E-state index < -0.39 is 5.77 Å². The number of rotatable bonds is 5. The average Bonchev–Trinajstić information content (AvgIpc) is 2.69. The first-order valence-corrected chi connectivity index (χ1v) is 10.4. The predicted molar refractivity (Wildman–Crippen MR) is 77.5 cm³/mol. The minimum Gasteiger partial charge on any atom is -0.317 e. The predicted octanol–water partition coefficient (Wildman–Crippen LogP) is 3.09. The Kier molecular flexibility index (Phi) is 4.40. The number of benzene rings is 1. The van der Waals surface area contributed by atoms with Gasteiger partial charge >= 0.3 is 5.77 Å². The summed E-state index contributed by atoms with van der Waals surface area (Å²) in [4.78, 5) is 25.2. The van der Waals surface area contributed by atoms with Gasteiger partial charge < -0.3 is 4.52 Å². The Hall–Kier alpha value is -0.750. The van der Waals surface area contributed by atoms with E-state index >= 15 is 0 Å². The third-order valence-corrected chi connectivity index (χ3v) is 10.1. The first-order valence-electron chi connectivity index (χ1n) is 5.33. The molecule has 0 saturated heterocycles. The molecule has 0 aliphatic carbocycles. The number of fused-ring (bicyclic) bond motifs is 1. The fraction of sp³-hybridized carbons (Fsp3) is 0.273. The molecular weight excluding hydrogens is 305 g/mol. The van der Waals surface area contributed by atoms with E-state index in [2.05, 4.69) is 0 Å². The number of hydrogen-bond acceptors (Lipinski definition) is 6. The Bertz CT molecular complexity index is 535. The fourth-order valence-electron chi connectivity index (χ4n) is 1.66. The van der Waals surface area contributed by atoms with Crippen molar-refractivity contribution in [2.45, 2.75) is 0 Å². The molecular formula is C11H12NO4PS2. The van der Waals surface area contributed by atoms with Gasteiger partial charge in [0.1, 0.15) is 0 Å². The third-order valence-electron chi connectivity index (χ3n) is 2.67. The van der Waals surface area contributed by atoms with E-state index in [1.54, 1.807) is 30.5 Å². The number of carbonyl (C=O) groups excluding carboxylic acids is 2. The third kappa shape index (κ3) is 2.74. The van der Waals surface area contributed by atoms with E-state index in [0.29, 0.717) is 11.1 Å². The van der Waals surface area contributed by atoms with Gasteiger partial charge in [-0.3, -0.25) is 19.1 Å². The Morgan fingerprint density at radius 1 is 1.21 bits per heavy atom. The summed E-state index contributed by atoms with van der Waals surface area (Å²) in [6.07, 6.45) is 1.67. The van der Waals surface area contributed by atoms with Gasteiger partial charge in [0.15, 0.2) is 0 Å². The lowest BCUT2D eigenvalue weighted by atomic mass is 10.1. The van der Waals surface area contributed by atoms with Gasteiger partial charge in [-0.25, -0.2) is 0 Å². The van der Waals surface area contributed by atoms with Crippen molar-refractivity contribution in [2.24, 2.45) is 0 Å². The SMILES string of the molecule is COP(=O)(SC)SCN1C(=O)c2ccccc2C1=O. The maximum absolute atomic E-state index is 12.1. The lowest BCUT2D eigenvalue weighted by Gasteiger charge is -2.17. The topological polar surface area (TPSA) is 63.7 Å². The second-order valence-corrected chi connectivity index (χ2v) is 11.2. The first kappa shape index (κ1) is 14.7. The molecule has 1 aromatic carbocycles. The van der Waals surface area contributed by atoms with Gasteiger partial charge in [0.05, 0.1) is 17.0 Å². The molecule has 0 bridgehead atoms. The van der Waals surface area contributed by atoms with E-state index in [0.717, 1.165) is 27.7 Å². The summed E-state index contributed by atoms with van der Waals surface area (Å²) in [6, 6.07) is 6.65. The number of imide groups is 1. The van der Waals surface area contributed by atoms with E-state index in [4.69, 9.17) is 4.52 Å². The van der Waals surface area contributed by atoms with Crippen molar-refractivity contribution in [3.8, 4) is 0 Å². The van der Waals surface area contributed by atoms with Crippen molar-refractivity contribution in [3.63, 3.8) is 0 Å². The van der Waals surface area contributed by atoms with Gasteiger partial charge in [0, 0.05) is 7.11 Å². The van der Waals surface area contributed by atoms with Gasteiger partial charge in [-0.05, 0) is 29.8 Å². The summed E-state index contributed by atoms with van der Waals surface area (Å²) in [5.41, 5.74) is 0.786. The molecule has 102 valence electrons. The van der Waals surface area contributed by atoms with Gasteiger partial charge in [-0.2, -0.15) is 0 Å². The van der Waals surface area contributed by atoms with E-state index in [1.807, 2.05) is 0 Å². The van der Waals surface area contributed by atoms with Crippen LogP contribution in [0.25, 0.3) is 0 Å². The van der Waals surface area contributed by atoms with Crippen LogP contribution >= 0.6 is 28.5 Å². The van der Waals surface area contributed by atoms with Crippen LogP contribution in [0.2, 0.25) is 0 Å². The summed E-state index contributed by atoms with van der Waals surface area (Å²) in [5, 5.41) is 0. The Balaban J connectivity index is 2.15. The molecule has 2 amide bonds. The smallest absolute Gasteiger partial charge is 0.314 e. The molecule has 8 heteroatoms. The van der Waals surface area contributed by atoms with Gasteiger partial charge in [0.2, 0.25) is 0 Å². The number of hydrogen-bond donors (Lipinski definition) is 0. The standard InChI is InChI=1S/C11H12NO4PS2/c1-16-17(15,18-2)19-7-12-10(13)8-5-3-4-6-9(8)11(12)14/h3-6H,7H2,1-2H3. The molecule has 0 N–H and O–H groups in total. The Morgan fingerprint density at radius 2 is 1.74 bits per heavy atom. The Morgan fingerprint density at radius 3 is 2.16 bits per heavy atom. The molecule has 1 unspecified atom stereocenters. The van der Waals surface area contributed by atoms with Crippen LogP contribution in [0.15, 0.2) is 24.3 Å². The molecule has 1 aliphatic heterocycles. The highest BCUT2D eigenvalue weighted by Gasteiger charge is 2.36. The Labute approximate surface area is 119 Å². The summed E-state index contributed by atoms with van der Waals surface area (Å²) in [7, 11) is 1.35. The first-order chi connectivity index (χ1) is 9.02. The molecule has 0 aromatic heterocycles. The van der Waals surface area contributed by atoms with Crippen LogP contribution < -0.4 is 0 Å². The second-order valence-electron chi connectivity index (χ2n) is 3.65. The minimum atomic E-state index is -2.89. The van der Waals surface area contributed by atoms with Gasteiger partial charge in [0.25, 0.3) is 11.8 Å². The summed E-state index contributed by atoms with van der Waals surface area (Å²) < 4.78 is 17.0. The molecule has 1 aliphatic rings. The van der Waals surface area contributed by atoms with Crippen molar-refractivity contribution in [2.75, 3.05) is 19.2 Å². The number of carbonyl (C=O) groups is 2. The molecule has 1 heterocycles. The summed E-state index contributed by atoms with van der Waals surface area (Å²) >= 11 is 2.07. The van der Waals surface area contributed by atoms with Crippen LogP contribution in [0.3, 0.4) is 0 Å². The molecule has 2 rings (SSSR count). The maximum atomic E-state index is 12.1. The zero-order valence-corrected chi connectivity index (χ0v) is 12.9. The molecule has 0 spiro atoms. The van der Waals surface area contributed by atoms with Crippen molar-refractivity contribution >= 4 is 40.4 Å². The molecule has 0 radical (unpaired) electrons. The van der Waals surface area contributed by atoms with Crippen molar-refractivity contribution < 1.29 is 18.7 Å². The minimum absolute atomic E-state index is 0.0261. The zero-order valence-electron chi connectivity index (χ0n) is 10.4. The van der Waals surface area contributed by atoms with Crippen LogP contribution in [0, 0.1) is 0 Å². The van der Waals surface area contributed by atoms with Crippen molar-refractivity contribution in [1.82, 2.24) is 4.90 Å². The van der Waals surface area contributed by atoms with Gasteiger partial charge in [-0.15, -0.1) is 0 Å². The monoisotopic (exact) mass is 317 g/mol. The summed E-state index contributed by atoms with van der Waals surface area (Å²) in [5.74, 6) is -3.57. The van der Waals surface area contributed by atoms with Crippen LogP contribution in [0.4, 0.5) is 0 Å². The van der Waals surface area contributed by atoms with Crippen molar-refractivity contribution in [3.05, 3.63) is 35.4 Å². The molecule has 0 saturated carbocycles. The molecule has 19 heavy (non-hydrogen) atoms. The van der Waals surface area contributed by atoms with E-state index in [-0.39, 0.29) is 17.7 Å². The fourth-order valence-corrected chi connectivity index (χ4v) is 5.74.